The molecule has 0 spiro atoms. The van der Waals surface area contributed by atoms with E-state index in [4.69, 9.17) is 9.47 Å². The summed E-state index contributed by atoms with van der Waals surface area (Å²) < 4.78 is 11.5. The number of rotatable bonds is 4. The average Bonchev–Trinajstić information content (AvgIpc) is 3.51. The molecular weight excluding hydrogens is 312 g/mol. The van der Waals surface area contributed by atoms with Crippen molar-refractivity contribution in [1.29, 1.82) is 0 Å². The molecule has 1 aliphatic heterocycles. The predicted molar refractivity (Wildman–Crippen MR) is 96.2 cm³/mol. The zero-order valence-electron chi connectivity index (χ0n) is 14.3. The molecule has 2 aromatic rings. The molecule has 1 aliphatic carbocycles. The minimum absolute atomic E-state index is 0.177. The van der Waals surface area contributed by atoms with Gasteiger partial charge >= 0.3 is 0 Å². The lowest BCUT2D eigenvalue weighted by atomic mass is 10.1. The SMILES string of the molecule is C(#CC1CC1)c1ccc(-c2nccc(OC[C@H]3CCCCO3)n2)cc1. The Kier molecular flexibility index (Phi) is 4.94. The van der Waals surface area contributed by atoms with E-state index in [9.17, 15) is 0 Å². The van der Waals surface area contributed by atoms with Crippen LogP contribution in [-0.4, -0.2) is 29.3 Å². The van der Waals surface area contributed by atoms with Gasteiger partial charge in [-0.05, 0) is 56.4 Å². The van der Waals surface area contributed by atoms with Gasteiger partial charge in [0.2, 0.25) is 5.88 Å². The second kappa shape index (κ2) is 7.67. The molecule has 1 saturated carbocycles. The Hall–Kier alpha value is -2.38. The van der Waals surface area contributed by atoms with Gasteiger partial charge in [0, 0.05) is 35.9 Å². The number of nitrogens with zero attached hydrogens (tertiary/aromatic N) is 2. The van der Waals surface area contributed by atoms with E-state index in [1.165, 1.54) is 19.3 Å². The van der Waals surface area contributed by atoms with Crippen LogP contribution in [0.15, 0.2) is 36.5 Å². The normalized spacial score (nSPS) is 19.8. The van der Waals surface area contributed by atoms with Crippen LogP contribution in [0.2, 0.25) is 0 Å². The fourth-order valence-corrected chi connectivity index (χ4v) is 2.79. The number of hydrogen-bond donors (Lipinski definition) is 0. The highest BCUT2D eigenvalue weighted by Crippen LogP contribution is 2.27. The second-order valence-corrected chi connectivity index (χ2v) is 6.64. The second-order valence-electron chi connectivity index (χ2n) is 6.64. The van der Waals surface area contributed by atoms with Gasteiger partial charge in [0.05, 0.1) is 6.10 Å². The zero-order chi connectivity index (χ0) is 16.9. The summed E-state index contributed by atoms with van der Waals surface area (Å²) >= 11 is 0. The van der Waals surface area contributed by atoms with Crippen LogP contribution in [-0.2, 0) is 4.74 Å². The van der Waals surface area contributed by atoms with Crippen molar-refractivity contribution in [2.24, 2.45) is 5.92 Å². The fourth-order valence-electron chi connectivity index (χ4n) is 2.79. The van der Waals surface area contributed by atoms with E-state index in [-0.39, 0.29) is 6.10 Å². The molecule has 0 amide bonds. The molecule has 1 atom stereocenters. The van der Waals surface area contributed by atoms with E-state index in [1.807, 2.05) is 24.3 Å². The highest BCUT2D eigenvalue weighted by molar-refractivity contribution is 5.57. The first kappa shape index (κ1) is 16.1. The average molecular weight is 334 g/mol. The Balaban J connectivity index is 1.40. The molecule has 1 aromatic heterocycles. The zero-order valence-corrected chi connectivity index (χ0v) is 14.3. The maximum atomic E-state index is 5.80. The van der Waals surface area contributed by atoms with Crippen LogP contribution >= 0.6 is 0 Å². The molecular formula is C21H22N2O2. The molecule has 4 nitrogen and oxygen atoms in total. The number of ether oxygens (including phenoxy) is 2. The van der Waals surface area contributed by atoms with Crippen LogP contribution < -0.4 is 4.74 Å². The van der Waals surface area contributed by atoms with E-state index >= 15 is 0 Å². The third-order valence-corrected chi connectivity index (χ3v) is 4.46. The monoisotopic (exact) mass is 334 g/mol. The van der Waals surface area contributed by atoms with E-state index in [0.717, 1.165) is 30.6 Å². The third-order valence-electron chi connectivity index (χ3n) is 4.46. The maximum absolute atomic E-state index is 5.80. The molecule has 4 rings (SSSR count). The van der Waals surface area contributed by atoms with Crippen LogP contribution in [0.1, 0.15) is 37.7 Å². The first-order chi connectivity index (χ1) is 12.4. The van der Waals surface area contributed by atoms with Crippen molar-refractivity contribution in [3.05, 3.63) is 42.1 Å². The van der Waals surface area contributed by atoms with Crippen LogP contribution in [0.3, 0.4) is 0 Å². The summed E-state index contributed by atoms with van der Waals surface area (Å²) in [7, 11) is 0. The van der Waals surface area contributed by atoms with Gasteiger partial charge in [-0.15, -0.1) is 0 Å². The topological polar surface area (TPSA) is 44.2 Å². The largest absolute Gasteiger partial charge is 0.475 e. The molecule has 25 heavy (non-hydrogen) atoms. The minimum Gasteiger partial charge on any atom is -0.475 e. The Labute approximate surface area is 148 Å². The van der Waals surface area contributed by atoms with Crippen molar-refractivity contribution in [3.8, 4) is 29.1 Å². The molecule has 1 aromatic carbocycles. The summed E-state index contributed by atoms with van der Waals surface area (Å²) in [5.74, 6) is 8.38. The number of benzene rings is 1. The Morgan fingerprint density at radius 3 is 2.72 bits per heavy atom. The van der Waals surface area contributed by atoms with E-state index in [1.54, 1.807) is 12.3 Å². The molecule has 1 saturated heterocycles. The molecule has 128 valence electrons. The Morgan fingerprint density at radius 1 is 1.08 bits per heavy atom. The van der Waals surface area contributed by atoms with Crippen LogP contribution in [0.25, 0.3) is 11.4 Å². The van der Waals surface area contributed by atoms with Gasteiger partial charge in [0.15, 0.2) is 5.82 Å². The summed E-state index contributed by atoms with van der Waals surface area (Å²) in [6.07, 6.45) is 7.82. The lowest BCUT2D eigenvalue weighted by Crippen LogP contribution is -2.26. The highest BCUT2D eigenvalue weighted by Gasteiger charge is 2.17. The van der Waals surface area contributed by atoms with Gasteiger partial charge in [0.1, 0.15) is 6.61 Å². The summed E-state index contributed by atoms with van der Waals surface area (Å²) in [5, 5.41) is 0. The van der Waals surface area contributed by atoms with Crippen LogP contribution in [0, 0.1) is 17.8 Å². The van der Waals surface area contributed by atoms with Gasteiger partial charge < -0.3 is 9.47 Å². The lowest BCUT2D eigenvalue weighted by Gasteiger charge is -2.22. The first-order valence-electron chi connectivity index (χ1n) is 9.06. The molecule has 0 unspecified atom stereocenters. The summed E-state index contributed by atoms with van der Waals surface area (Å²) in [6, 6.07) is 9.87. The summed E-state index contributed by atoms with van der Waals surface area (Å²) in [6.45, 7) is 1.38. The predicted octanol–water partition coefficient (Wildman–Crippen LogP) is 3.85. The molecule has 0 bridgehead atoms. The van der Waals surface area contributed by atoms with Gasteiger partial charge in [-0.2, -0.15) is 4.98 Å². The number of aromatic nitrogens is 2. The van der Waals surface area contributed by atoms with Crippen molar-refractivity contribution >= 4 is 0 Å². The summed E-state index contributed by atoms with van der Waals surface area (Å²) in [4.78, 5) is 8.88. The highest BCUT2D eigenvalue weighted by atomic mass is 16.5. The molecule has 0 N–H and O–H groups in total. The fraction of sp³-hybridized carbons (Fsp3) is 0.429. The van der Waals surface area contributed by atoms with Gasteiger partial charge in [-0.3, -0.25) is 0 Å². The molecule has 2 aliphatic rings. The Bertz CT molecular complexity index is 766. The van der Waals surface area contributed by atoms with Crippen molar-refractivity contribution in [2.45, 2.75) is 38.2 Å². The van der Waals surface area contributed by atoms with E-state index in [2.05, 4.69) is 21.8 Å². The summed E-state index contributed by atoms with van der Waals surface area (Å²) in [5.41, 5.74) is 2.01. The van der Waals surface area contributed by atoms with Crippen LogP contribution in [0.5, 0.6) is 5.88 Å². The molecule has 0 radical (unpaired) electrons. The van der Waals surface area contributed by atoms with Crippen molar-refractivity contribution in [2.75, 3.05) is 13.2 Å². The molecule has 2 heterocycles. The third kappa shape index (κ3) is 4.58. The smallest absolute Gasteiger partial charge is 0.216 e. The van der Waals surface area contributed by atoms with Gasteiger partial charge in [-0.1, -0.05) is 11.8 Å². The Morgan fingerprint density at radius 2 is 1.96 bits per heavy atom. The van der Waals surface area contributed by atoms with E-state index < -0.39 is 0 Å². The first-order valence-corrected chi connectivity index (χ1v) is 9.06. The maximum Gasteiger partial charge on any atom is 0.216 e. The van der Waals surface area contributed by atoms with Crippen molar-refractivity contribution in [1.82, 2.24) is 9.97 Å². The molecule has 2 fully saturated rings. The standard InChI is InChI=1S/C21H22N2O2/c1-2-14-24-19(3-1)15-25-20-12-13-22-21(23-20)18-10-8-17(9-11-18)7-6-16-4-5-16/h8-13,16,19H,1-5,14-15H2/t19-/m1/s1. The van der Waals surface area contributed by atoms with Crippen LogP contribution in [0.4, 0.5) is 0 Å². The molecule has 4 heteroatoms. The quantitative estimate of drug-likeness (QED) is 0.797. The van der Waals surface area contributed by atoms with Crippen molar-refractivity contribution < 1.29 is 9.47 Å². The minimum atomic E-state index is 0.177. The van der Waals surface area contributed by atoms with E-state index in [0.29, 0.717) is 24.2 Å². The van der Waals surface area contributed by atoms with Gasteiger partial charge in [-0.25, -0.2) is 4.98 Å². The van der Waals surface area contributed by atoms with Gasteiger partial charge in [0.25, 0.3) is 0 Å². The van der Waals surface area contributed by atoms with Crippen molar-refractivity contribution in [3.63, 3.8) is 0 Å². The lowest BCUT2D eigenvalue weighted by molar-refractivity contribution is -0.0119. The number of hydrogen-bond acceptors (Lipinski definition) is 4.